The minimum atomic E-state index is -4.70. The number of halogens is 4. The van der Waals surface area contributed by atoms with Crippen molar-refractivity contribution in [1.82, 2.24) is 4.90 Å². The van der Waals surface area contributed by atoms with Gasteiger partial charge in [-0.05, 0) is 30.5 Å². The SMILES string of the molecule is COCC1CC(O)CN1C(=O)C(Nc1cc(F)cc(C(F)(F)F)c1)C(C)C. The van der Waals surface area contributed by atoms with Gasteiger partial charge in [-0.3, -0.25) is 4.79 Å². The topological polar surface area (TPSA) is 61.8 Å². The maximum atomic E-state index is 13.6. The van der Waals surface area contributed by atoms with Crippen molar-refractivity contribution in [2.75, 3.05) is 25.6 Å². The number of nitrogens with one attached hydrogen (secondary N) is 1. The number of likely N-dealkylation sites (tertiary alicyclic amines) is 1. The monoisotopic (exact) mass is 392 g/mol. The normalized spacial score (nSPS) is 21.6. The van der Waals surface area contributed by atoms with Crippen LogP contribution in [0.25, 0.3) is 0 Å². The molecule has 5 nitrogen and oxygen atoms in total. The maximum Gasteiger partial charge on any atom is 0.416 e. The van der Waals surface area contributed by atoms with Crippen LogP contribution in [0.5, 0.6) is 0 Å². The Hall–Kier alpha value is -1.87. The van der Waals surface area contributed by atoms with E-state index in [1.807, 2.05) is 0 Å². The third kappa shape index (κ3) is 5.32. The summed E-state index contributed by atoms with van der Waals surface area (Å²) in [6.07, 6.45) is -5.02. The molecule has 1 aromatic carbocycles. The Kier molecular flexibility index (Phi) is 6.69. The number of hydrogen-bond donors (Lipinski definition) is 2. The number of β-amino-alcohol motifs (C(OH)–C–C–N with tert-alkyl or cyclic N) is 1. The molecule has 0 bridgehead atoms. The number of methoxy groups -OCH3 is 1. The Balaban J connectivity index is 2.25. The first-order valence-corrected chi connectivity index (χ1v) is 8.64. The number of hydrogen-bond acceptors (Lipinski definition) is 4. The molecule has 27 heavy (non-hydrogen) atoms. The molecule has 1 amide bonds. The van der Waals surface area contributed by atoms with Gasteiger partial charge in [0.2, 0.25) is 5.91 Å². The van der Waals surface area contributed by atoms with Crippen LogP contribution in [0, 0.1) is 11.7 Å². The highest BCUT2D eigenvalue weighted by Crippen LogP contribution is 2.32. The molecule has 0 saturated carbocycles. The zero-order chi connectivity index (χ0) is 20.4. The number of amides is 1. The molecule has 0 radical (unpaired) electrons. The Morgan fingerprint density at radius 1 is 1.37 bits per heavy atom. The summed E-state index contributed by atoms with van der Waals surface area (Å²) >= 11 is 0. The number of rotatable bonds is 6. The number of benzene rings is 1. The highest BCUT2D eigenvalue weighted by atomic mass is 19.4. The molecule has 2 N–H and O–H groups in total. The van der Waals surface area contributed by atoms with Crippen LogP contribution in [0.2, 0.25) is 0 Å². The number of carbonyl (C=O) groups is 1. The van der Waals surface area contributed by atoms with Gasteiger partial charge in [0.15, 0.2) is 0 Å². The average molecular weight is 392 g/mol. The molecule has 0 aliphatic carbocycles. The number of aliphatic hydroxyl groups is 1. The Morgan fingerprint density at radius 2 is 2.04 bits per heavy atom. The lowest BCUT2D eigenvalue weighted by Crippen LogP contribution is -2.49. The summed E-state index contributed by atoms with van der Waals surface area (Å²) < 4.78 is 57.5. The third-order valence-corrected chi connectivity index (χ3v) is 4.51. The van der Waals surface area contributed by atoms with Crippen molar-refractivity contribution in [3.63, 3.8) is 0 Å². The number of nitrogens with zero attached hydrogens (tertiary/aromatic N) is 1. The lowest BCUT2D eigenvalue weighted by atomic mass is 10.0. The van der Waals surface area contributed by atoms with E-state index in [0.717, 1.165) is 12.1 Å². The molecule has 3 atom stereocenters. The standard InChI is InChI=1S/C18H24F4N2O3/c1-10(2)16(17(26)24-8-15(25)7-14(24)9-27-3)23-13-5-11(18(20,21)22)4-12(19)6-13/h4-6,10,14-16,23,25H,7-9H2,1-3H3. The van der Waals surface area contributed by atoms with E-state index in [1.165, 1.54) is 12.0 Å². The first-order valence-electron chi connectivity index (χ1n) is 8.64. The summed E-state index contributed by atoms with van der Waals surface area (Å²) in [5, 5.41) is 12.6. The van der Waals surface area contributed by atoms with E-state index in [4.69, 9.17) is 4.74 Å². The average Bonchev–Trinajstić information content (AvgIpc) is 2.91. The fourth-order valence-electron chi connectivity index (χ4n) is 3.22. The van der Waals surface area contributed by atoms with Crippen molar-refractivity contribution >= 4 is 11.6 Å². The van der Waals surface area contributed by atoms with E-state index in [-0.39, 0.29) is 36.7 Å². The van der Waals surface area contributed by atoms with Crippen LogP contribution in [0.15, 0.2) is 18.2 Å². The van der Waals surface area contributed by atoms with Crippen LogP contribution in [-0.4, -0.2) is 54.4 Å². The number of ether oxygens (including phenoxy) is 1. The highest BCUT2D eigenvalue weighted by Gasteiger charge is 2.38. The summed E-state index contributed by atoms with van der Waals surface area (Å²) in [6.45, 7) is 3.83. The predicted octanol–water partition coefficient (Wildman–Crippen LogP) is 2.89. The van der Waals surface area contributed by atoms with Gasteiger partial charge >= 0.3 is 6.18 Å². The second-order valence-electron chi connectivity index (χ2n) is 7.08. The van der Waals surface area contributed by atoms with Crippen LogP contribution in [0.1, 0.15) is 25.8 Å². The van der Waals surface area contributed by atoms with Gasteiger partial charge in [-0.2, -0.15) is 13.2 Å². The molecule has 1 aromatic rings. The lowest BCUT2D eigenvalue weighted by molar-refractivity contribution is -0.137. The molecule has 1 aliphatic rings. The number of alkyl halides is 3. The van der Waals surface area contributed by atoms with E-state index in [9.17, 15) is 27.5 Å². The van der Waals surface area contributed by atoms with E-state index in [1.54, 1.807) is 13.8 Å². The summed E-state index contributed by atoms with van der Waals surface area (Å²) in [5.74, 6) is -1.70. The quantitative estimate of drug-likeness (QED) is 0.731. The largest absolute Gasteiger partial charge is 0.416 e. The fourth-order valence-corrected chi connectivity index (χ4v) is 3.22. The summed E-state index contributed by atoms with van der Waals surface area (Å²) in [6, 6.07) is 0.903. The van der Waals surface area contributed by atoms with E-state index < -0.39 is 29.7 Å². The van der Waals surface area contributed by atoms with Crippen molar-refractivity contribution in [2.45, 2.75) is 44.6 Å². The van der Waals surface area contributed by atoms with Gasteiger partial charge in [-0.1, -0.05) is 13.8 Å². The van der Waals surface area contributed by atoms with E-state index in [0.29, 0.717) is 12.5 Å². The second kappa shape index (κ2) is 8.43. The van der Waals surface area contributed by atoms with Crippen molar-refractivity contribution in [1.29, 1.82) is 0 Å². The minimum Gasteiger partial charge on any atom is -0.391 e. The van der Waals surface area contributed by atoms with Crippen molar-refractivity contribution in [2.24, 2.45) is 5.92 Å². The molecule has 152 valence electrons. The first-order chi connectivity index (χ1) is 12.5. The van der Waals surface area contributed by atoms with Crippen molar-refractivity contribution in [3.05, 3.63) is 29.6 Å². The Labute approximate surface area is 155 Å². The molecule has 0 aromatic heterocycles. The van der Waals surface area contributed by atoms with E-state index >= 15 is 0 Å². The minimum absolute atomic E-state index is 0.120. The van der Waals surface area contributed by atoms with Crippen LogP contribution in [0.4, 0.5) is 23.2 Å². The van der Waals surface area contributed by atoms with Gasteiger partial charge in [0.25, 0.3) is 0 Å². The Morgan fingerprint density at radius 3 is 2.59 bits per heavy atom. The zero-order valence-electron chi connectivity index (χ0n) is 15.4. The fraction of sp³-hybridized carbons (Fsp3) is 0.611. The number of aliphatic hydroxyl groups excluding tert-OH is 1. The molecule has 1 aliphatic heterocycles. The molecule has 9 heteroatoms. The summed E-state index contributed by atoms with van der Waals surface area (Å²) in [7, 11) is 1.48. The molecule has 0 spiro atoms. The van der Waals surface area contributed by atoms with Crippen LogP contribution >= 0.6 is 0 Å². The van der Waals surface area contributed by atoms with Gasteiger partial charge < -0.3 is 20.1 Å². The molecular formula is C18H24F4N2O3. The third-order valence-electron chi connectivity index (χ3n) is 4.51. The second-order valence-corrected chi connectivity index (χ2v) is 7.08. The number of anilines is 1. The highest BCUT2D eigenvalue weighted by molar-refractivity contribution is 5.85. The molecular weight excluding hydrogens is 368 g/mol. The van der Waals surface area contributed by atoms with Crippen molar-refractivity contribution < 1.29 is 32.2 Å². The first kappa shape index (κ1) is 21.4. The zero-order valence-corrected chi connectivity index (χ0v) is 15.4. The molecule has 1 saturated heterocycles. The summed E-state index contributed by atoms with van der Waals surface area (Å²) in [5.41, 5.74) is -1.26. The number of carbonyl (C=O) groups excluding carboxylic acids is 1. The maximum absolute atomic E-state index is 13.6. The van der Waals surface area contributed by atoms with Gasteiger partial charge in [0.05, 0.1) is 24.3 Å². The lowest BCUT2D eigenvalue weighted by Gasteiger charge is -2.31. The van der Waals surface area contributed by atoms with Gasteiger partial charge in [0.1, 0.15) is 11.9 Å². The summed E-state index contributed by atoms with van der Waals surface area (Å²) in [4.78, 5) is 14.4. The van der Waals surface area contributed by atoms with Crippen LogP contribution < -0.4 is 5.32 Å². The Bertz CT molecular complexity index is 666. The smallest absolute Gasteiger partial charge is 0.391 e. The molecule has 3 unspecified atom stereocenters. The van der Waals surface area contributed by atoms with Gasteiger partial charge in [-0.25, -0.2) is 4.39 Å². The van der Waals surface area contributed by atoms with Gasteiger partial charge in [-0.15, -0.1) is 0 Å². The molecule has 1 fully saturated rings. The predicted molar refractivity (Wildman–Crippen MR) is 91.7 cm³/mol. The molecule has 1 heterocycles. The van der Waals surface area contributed by atoms with Gasteiger partial charge in [0, 0.05) is 19.3 Å². The van der Waals surface area contributed by atoms with Crippen LogP contribution in [-0.2, 0) is 15.7 Å². The molecule has 2 rings (SSSR count). The van der Waals surface area contributed by atoms with Crippen molar-refractivity contribution in [3.8, 4) is 0 Å². The van der Waals surface area contributed by atoms with Crippen LogP contribution in [0.3, 0.4) is 0 Å². The van der Waals surface area contributed by atoms with E-state index in [2.05, 4.69) is 5.32 Å².